The Labute approximate surface area is 190 Å². The molecule has 11 heteroatoms. The number of morpholine rings is 1. The third-order valence-corrected chi connectivity index (χ3v) is 7.34. The Bertz CT molecular complexity index is 1090. The van der Waals surface area contributed by atoms with Crippen molar-refractivity contribution in [3.05, 3.63) is 58.1 Å². The second-order valence-corrected chi connectivity index (χ2v) is 9.57. The van der Waals surface area contributed by atoms with Gasteiger partial charge in [0.05, 0.1) is 35.4 Å². The minimum absolute atomic E-state index is 0.0514. The fourth-order valence-corrected chi connectivity index (χ4v) is 5.16. The van der Waals surface area contributed by atoms with Crippen LogP contribution in [0.4, 0.5) is 5.69 Å². The van der Waals surface area contributed by atoms with Crippen molar-refractivity contribution in [2.45, 2.75) is 4.90 Å². The predicted molar refractivity (Wildman–Crippen MR) is 118 cm³/mol. The normalized spacial score (nSPS) is 14.8. The van der Waals surface area contributed by atoms with Gasteiger partial charge in [0.15, 0.2) is 0 Å². The molecule has 0 unspecified atom stereocenters. The van der Waals surface area contributed by atoms with Crippen LogP contribution >= 0.6 is 23.2 Å². The fourth-order valence-electron chi connectivity index (χ4n) is 3.03. The summed E-state index contributed by atoms with van der Waals surface area (Å²) in [7, 11) is -2.36. The van der Waals surface area contributed by atoms with Gasteiger partial charge in [-0.2, -0.15) is 4.31 Å². The number of carbonyl (C=O) groups is 2. The van der Waals surface area contributed by atoms with Gasteiger partial charge in [0, 0.05) is 25.8 Å². The molecule has 31 heavy (non-hydrogen) atoms. The van der Waals surface area contributed by atoms with Gasteiger partial charge in [0.25, 0.3) is 5.91 Å². The molecule has 3 rings (SSSR count). The van der Waals surface area contributed by atoms with Crippen molar-refractivity contribution in [3.8, 4) is 0 Å². The van der Waals surface area contributed by atoms with Crippen LogP contribution in [0.2, 0.25) is 10.0 Å². The summed E-state index contributed by atoms with van der Waals surface area (Å²) in [5, 5.41) is 2.94. The molecule has 0 atom stereocenters. The highest BCUT2D eigenvalue weighted by Gasteiger charge is 2.29. The Balaban J connectivity index is 1.71. The van der Waals surface area contributed by atoms with Crippen molar-refractivity contribution in [2.24, 2.45) is 0 Å². The molecule has 0 spiro atoms. The zero-order valence-corrected chi connectivity index (χ0v) is 19.0. The average Bonchev–Trinajstić information content (AvgIpc) is 2.75. The summed E-state index contributed by atoms with van der Waals surface area (Å²) in [4.78, 5) is 26.1. The number of carbonyl (C=O) groups excluding carboxylic acids is 2. The molecule has 0 saturated carbocycles. The third kappa shape index (κ3) is 5.55. The second-order valence-electron chi connectivity index (χ2n) is 6.85. The highest BCUT2D eigenvalue weighted by molar-refractivity contribution is 7.89. The first-order valence-corrected chi connectivity index (χ1v) is 11.6. The lowest BCUT2D eigenvalue weighted by Gasteiger charge is -2.26. The lowest BCUT2D eigenvalue weighted by molar-refractivity contribution is -0.116. The number of benzene rings is 2. The summed E-state index contributed by atoms with van der Waals surface area (Å²) in [6, 6.07) is 10.7. The van der Waals surface area contributed by atoms with Gasteiger partial charge in [-0.1, -0.05) is 35.3 Å². The lowest BCUT2D eigenvalue weighted by Crippen LogP contribution is -2.40. The van der Waals surface area contributed by atoms with Crippen LogP contribution in [0.25, 0.3) is 0 Å². The second kappa shape index (κ2) is 9.97. The summed E-state index contributed by atoms with van der Waals surface area (Å²) < 4.78 is 32.3. The minimum atomic E-state index is -3.84. The molecule has 0 aromatic heterocycles. The van der Waals surface area contributed by atoms with E-state index in [-0.39, 0.29) is 45.8 Å². The molecule has 1 heterocycles. The maximum atomic E-state index is 12.9. The standard InChI is InChI=1S/C20H21Cl2N3O5S/c1-24(20(27)15-4-2-3-5-16(15)21)13-19(26)23-14-6-7-17(22)18(12-14)31(28,29)25-8-10-30-11-9-25/h2-7,12H,8-11,13H2,1H3,(H,23,26). The van der Waals surface area contributed by atoms with E-state index in [1.165, 1.54) is 34.5 Å². The Morgan fingerprint density at radius 3 is 2.45 bits per heavy atom. The highest BCUT2D eigenvalue weighted by atomic mass is 35.5. The summed E-state index contributed by atoms with van der Waals surface area (Å²) in [6.07, 6.45) is 0. The van der Waals surface area contributed by atoms with Crippen LogP contribution in [0.1, 0.15) is 10.4 Å². The number of ether oxygens (including phenoxy) is 1. The number of hydrogen-bond acceptors (Lipinski definition) is 5. The Morgan fingerprint density at radius 2 is 1.77 bits per heavy atom. The molecule has 1 aliphatic heterocycles. The van der Waals surface area contributed by atoms with Gasteiger partial charge in [-0.05, 0) is 30.3 Å². The fraction of sp³-hybridized carbons (Fsp3) is 0.300. The van der Waals surface area contributed by atoms with Crippen LogP contribution in [0.15, 0.2) is 47.4 Å². The number of nitrogens with zero attached hydrogens (tertiary/aromatic N) is 2. The van der Waals surface area contributed by atoms with E-state index in [1.807, 2.05) is 0 Å². The van der Waals surface area contributed by atoms with Crippen molar-refractivity contribution < 1.29 is 22.7 Å². The molecular formula is C20H21Cl2N3O5S. The Morgan fingerprint density at radius 1 is 1.10 bits per heavy atom. The molecule has 8 nitrogen and oxygen atoms in total. The third-order valence-electron chi connectivity index (χ3n) is 4.63. The van der Waals surface area contributed by atoms with Crippen molar-refractivity contribution in [2.75, 3.05) is 45.2 Å². The SMILES string of the molecule is CN(CC(=O)Nc1ccc(Cl)c(S(=O)(=O)N2CCOCC2)c1)C(=O)c1ccccc1Cl. The summed E-state index contributed by atoms with van der Waals surface area (Å²) in [5.41, 5.74) is 0.532. The van der Waals surface area contributed by atoms with Gasteiger partial charge in [0.1, 0.15) is 4.90 Å². The van der Waals surface area contributed by atoms with E-state index in [1.54, 1.807) is 24.3 Å². The quantitative estimate of drug-likeness (QED) is 0.678. The monoisotopic (exact) mass is 485 g/mol. The molecule has 1 N–H and O–H groups in total. The average molecular weight is 486 g/mol. The molecule has 0 bridgehead atoms. The number of rotatable bonds is 6. The molecule has 2 aromatic rings. The Kier molecular flexibility index (Phi) is 7.55. The number of hydrogen-bond donors (Lipinski definition) is 1. The number of sulfonamides is 1. The van der Waals surface area contributed by atoms with Crippen LogP contribution < -0.4 is 5.32 Å². The summed E-state index contributed by atoms with van der Waals surface area (Å²) in [6.45, 7) is 0.810. The molecule has 2 amide bonds. The van der Waals surface area contributed by atoms with Gasteiger partial charge in [-0.15, -0.1) is 0 Å². The van der Waals surface area contributed by atoms with Gasteiger partial charge in [-0.25, -0.2) is 8.42 Å². The van der Waals surface area contributed by atoms with Crippen LogP contribution in [0.5, 0.6) is 0 Å². The molecule has 1 saturated heterocycles. The molecular weight excluding hydrogens is 465 g/mol. The maximum Gasteiger partial charge on any atom is 0.255 e. The van der Waals surface area contributed by atoms with Crippen molar-refractivity contribution in [3.63, 3.8) is 0 Å². The highest BCUT2D eigenvalue weighted by Crippen LogP contribution is 2.28. The van der Waals surface area contributed by atoms with Crippen LogP contribution in [-0.2, 0) is 19.6 Å². The van der Waals surface area contributed by atoms with Gasteiger partial charge in [0.2, 0.25) is 15.9 Å². The van der Waals surface area contributed by atoms with Crippen LogP contribution in [-0.4, -0.2) is 69.3 Å². The summed E-state index contributed by atoms with van der Waals surface area (Å²) in [5.74, 6) is -0.910. The van der Waals surface area contributed by atoms with E-state index in [0.29, 0.717) is 13.2 Å². The number of halogens is 2. The molecule has 0 aliphatic carbocycles. The molecule has 166 valence electrons. The molecule has 0 radical (unpaired) electrons. The van der Waals surface area contributed by atoms with Crippen molar-refractivity contribution in [1.29, 1.82) is 0 Å². The smallest absolute Gasteiger partial charge is 0.255 e. The number of anilines is 1. The zero-order chi connectivity index (χ0) is 22.6. The first kappa shape index (κ1) is 23.5. The topological polar surface area (TPSA) is 96.0 Å². The number of amides is 2. The van der Waals surface area contributed by atoms with Crippen LogP contribution in [0, 0.1) is 0 Å². The first-order chi connectivity index (χ1) is 14.7. The van der Waals surface area contributed by atoms with E-state index in [0.717, 1.165) is 0 Å². The number of nitrogens with one attached hydrogen (secondary N) is 1. The van der Waals surface area contributed by atoms with Gasteiger partial charge < -0.3 is 15.0 Å². The van der Waals surface area contributed by atoms with E-state index in [9.17, 15) is 18.0 Å². The van der Waals surface area contributed by atoms with Gasteiger partial charge in [-0.3, -0.25) is 9.59 Å². The predicted octanol–water partition coefficient (Wildman–Crippen LogP) is 2.73. The minimum Gasteiger partial charge on any atom is -0.379 e. The number of likely N-dealkylation sites (N-methyl/N-ethyl adjacent to an activating group) is 1. The maximum absolute atomic E-state index is 12.9. The van der Waals surface area contributed by atoms with E-state index in [4.69, 9.17) is 27.9 Å². The molecule has 1 aliphatic rings. The largest absolute Gasteiger partial charge is 0.379 e. The van der Waals surface area contributed by atoms with Crippen LogP contribution in [0.3, 0.4) is 0 Å². The van der Waals surface area contributed by atoms with E-state index in [2.05, 4.69) is 5.32 Å². The van der Waals surface area contributed by atoms with Crippen molar-refractivity contribution in [1.82, 2.24) is 9.21 Å². The van der Waals surface area contributed by atoms with Gasteiger partial charge >= 0.3 is 0 Å². The lowest BCUT2D eigenvalue weighted by atomic mass is 10.2. The Hall–Kier alpha value is -2.17. The van der Waals surface area contributed by atoms with E-state index < -0.39 is 21.8 Å². The van der Waals surface area contributed by atoms with E-state index >= 15 is 0 Å². The first-order valence-electron chi connectivity index (χ1n) is 9.37. The zero-order valence-electron chi connectivity index (χ0n) is 16.7. The summed E-state index contributed by atoms with van der Waals surface area (Å²) >= 11 is 12.2. The molecule has 1 fully saturated rings. The van der Waals surface area contributed by atoms with Crippen molar-refractivity contribution >= 4 is 50.7 Å². The molecule has 2 aromatic carbocycles.